The number of carbonyl (C=O) groups excluding carboxylic acids is 1. The molecule has 0 unspecified atom stereocenters. The first kappa shape index (κ1) is 11.8. The summed E-state index contributed by atoms with van der Waals surface area (Å²) in [6, 6.07) is 1.67. The van der Waals surface area contributed by atoms with Gasteiger partial charge in [0.2, 0.25) is 5.95 Å². The second-order valence-corrected chi connectivity index (χ2v) is 3.04. The van der Waals surface area contributed by atoms with Crippen LogP contribution in [0, 0.1) is 24.2 Å². The molecule has 0 aromatic carbocycles. The van der Waals surface area contributed by atoms with Gasteiger partial charge in [0.25, 0.3) is 5.91 Å². The zero-order valence-corrected chi connectivity index (χ0v) is 8.86. The summed E-state index contributed by atoms with van der Waals surface area (Å²) in [5, 5.41) is 15.6. The highest BCUT2D eigenvalue weighted by atomic mass is 19.1. The van der Waals surface area contributed by atoms with E-state index < -0.39 is 11.9 Å². The molecule has 0 radical (unpaired) electrons. The first-order valence-corrected chi connectivity index (χ1v) is 4.44. The van der Waals surface area contributed by atoms with Crippen molar-refractivity contribution in [3.8, 4) is 6.07 Å². The molecule has 6 nitrogen and oxygen atoms in total. The van der Waals surface area contributed by atoms with Crippen molar-refractivity contribution in [1.82, 2.24) is 15.2 Å². The van der Waals surface area contributed by atoms with E-state index in [9.17, 15) is 9.18 Å². The molecule has 0 fully saturated rings. The average molecular weight is 223 g/mol. The molecule has 0 aliphatic carbocycles. The lowest BCUT2D eigenvalue weighted by molar-refractivity contribution is -0.120. The van der Waals surface area contributed by atoms with Crippen LogP contribution in [0.3, 0.4) is 0 Å². The number of aromatic nitrogens is 2. The van der Waals surface area contributed by atoms with Crippen LogP contribution in [0.15, 0.2) is 5.10 Å². The van der Waals surface area contributed by atoms with Gasteiger partial charge < -0.3 is 0 Å². The number of nitrogens with zero attached hydrogens (tertiary/aromatic N) is 4. The topological polar surface area (TPSA) is 83.1 Å². The summed E-state index contributed by atoms with van der Waals surface area (Å²) in [6.07, 6.45) is 0.874. The predicted molar refractivity (Wildman–Crippen MR) is 53.9 cm³/mol. The van der Waals surface area contributed by atoms with Crippen LogP contribution in [-0.2, 0) is 11.8 Å². The van der Waals surface area contributed by atoms with E-state index in [4.69, 9.17) is 5.26 Å². The Morgan fingerprint density at radius 3 is 3.00 bits per heavy atom. The Bertz CT molecular complexity index is 471. The molecule has 0 saturated carbocycles. The van der Waals surface area contributed by atoms with E-state index in [0.717, 1.165) is 10.9 Å². The van der Waals surface area contributed by atoms with Gasteiger partial charge in [-0.15, -0.1) is 0 Å². The van der Waals surface area contributed by atoms with Crippen molar-refractivity contribution in [1.29, 1.82) is 5.26 Å². The predicted octanol–water partition coefficient (Wildman–Crippen LogP) is 0.231. The highest BCUT2D eigenvalue weighted by Crippen LogP contribution is 2.07. The maximum Gasteiger partial charge on any atom is 0.254 e. The van der Waals surface area contributed by atoms with Gasteiger partial charge in [-0.3, -0.25) is 4.79 Å². The molecule has 1 heterocycles. The van der Waals surface area contributed by atoms with Crippen LogP contribution in [0.25, 0.3) is 0 Å². The van der Waals surface area contributed by atoms with Crippen LogP contribution in [-0.4, -0.2) is 21.9 Å². The number of hydrogen-bond donors (Lipinski definition) is 1. The van der Waals surface area contributed by atoms with Gasteiger partial charge in [0.05, 0.1) is 23.5 Å². The van der Waals surface area contributed by atoms with Crippen molar-refractivity contribution in [3.05, 3.63) is 17.2 Å². The fourth-order valence-corrected chi connectivity index (χ4v) is 1.07. The number of hydrazone groups is 1. The minimum Gasteiger partial charge on any atom is -0.272 e. The smallest absolute Gasteiger partial charge is 0.254 e. The van der Waals surface area contributed by atoms with Crippen molar-refractivity contribution < 1.29 is 9.18 Å². The molecule has 1 aromatic rings. The minimum atomic E-state index is -0.541. The fourth-order valence-electron chi connectivity index (χ4n) is 1.07. The molecule has 0 aliphatic rings. The Labute approximate surface area is 91.4 Å². The molecular formula is C9H10FN5O. The number of hydrogen-bond acceptors (Lipinski definition) is 4. The Balaban J connectivity index is 2.70. The molecule has 0 saturated heterocycles. The zero-order valence-electron chi connectivity index (χ0n) is 8.86. The first-order chi connectivity index (χ1) is 7.56. The molecule has 16 heavy (non-hydrogen) atoms. The van der Waals surface area contributed by atoms with Crippen molar-refractivity contribution in [2.45, 2.75) is 13.3 Å². The molecule has 1 rings (SSSR count). The van der Waals surface area contributed by atoms with E-state index in [-0.39, 0.29) is 12.0 Å². The summed E-state index contributed by atoms with van der Waals surface area (Å²) in [4.78, 5) is 10.8. The largest absolute Gasteiger partial charge is 0.272 e. The van der Waals surface area contributed by atoms with Crippen molar-refractivity contribution in [2.24, 2.45) is 12.1 Å². The van der Waals surface area contributed by atoms with Gasteiger partial charge in [0.1, 0.15) is 6.42 Å². The maximum atomic E-state index is 13.3. The van der Waals surface area contributed by atoms with Crippen LogP contribution in [0.4, 0.5) is 4.39 Å². The molecule has 0 atom stereocenters. The summed E-state index contributed by atoms with van der Waals surface area (Å²) < 4.78 is 14.4. The van der Waals surface area contributed by atoms with E-state index in [1.165, 1.54) is 7.05 Å². The zero-order chi connectivity index (χ0) is 12.1. The van der Waals surface area contributed by atoms with Gasteiger partial charge in [0.15, 0.2) is 0 Å². The van der Waals surface area contributed by atoms with Crippen LogP contribution in [0.2, 0.25) is 0 Å². The van der Waals surface area contributed by atoms with Crippen molar-refractivity contribution in [2.75, 3.05) is 0 Å². The van der Waals surface area contributed by atoms with Gasteiger partial charge in [-0.25, -0.2) is 10.1 Å². The van der Waals surface area contributed by atoms with Gasteiger partial charge in [-0.05, 0) is 6.92 Å². The van der Waals surface area contributed by atoms with Crippen molar-refractivity contribution >= 4 is 12.1 Å². The first-order valence-electron chi connectivity index (χ1n) is 4.44. The summed E-state index contributed by atoms with van der Waals surface area (Å²) in [7, 11) is 1.47. The average Bonchev–Trinajstić information content (AvgIpc) is 2.45. The quantitative estimate of drug-likeness (QED) is 0.588. The van der Waals surface area contributed by atoms with E-state index in [1.54, 1.807) is 13.0 Å². The third-order valence-electron chi connectivity index (χ3n) is 1.82. The summed E-state index contributed by atoms with van der Waals surface area (Å²) in [5.41, 5.74) is 2.78. The van der Waals surface area contributed by atoms with Crippen LogP contribution < -0.4 is 5.43 Å². The standard InChI is InChI=1S/C9H10FN5O/c1-6-7(9(10)15(2)14-6)5-12-13-8(16)3-4-11/h5H,3H2,1-2H3,(H,13,16)/b12-5-. The normalized spacial score (nSPS) is 10.4. The molecule has 1 N–H and O–H groups in total. The summed E-state index contributed by atoms with van der Waals surface area (Å²) in [5.74, 6) is -1.07. The van der Waals surface area contributed by atoms with Crippen LogP contribution in [0.1, 0.15) is 17.7 Å². The van der Waals surface area contributed by atoms with E-state index >= 15 is 0 Å². The molecule has 84 valence electrons. The second-order valence-electron chi connectivity index (χ2n) is 3.04. The monoisotopic (exact) mass is 223 g/mol. The highest BCUT2D eigenvalue weighted by molar-refractivity contribution is 5.83. The minimum absolute atomic E-state index is 0.208. The lowest BCUT2D eigenvalue weighted by atomic mass is 10.3. The highest BCUT2D eigenvalue weighted by Gasteiger charge is 2.10. The second kappa shape index (κ2) is 5.02. The molecule has 0 bridgehead atoms. The third kappa shape index (κ3) is 2.63. The van der Waals surface area contributed by atoms with E-state index in [1.807, 2.05) is 0 Å². The van der Waals surface area contributed by atoms with E-state index in [0.29, 0.717) is 5.69 Å². The number of carbonyl (C=O) groups is 1. The van der Waals surface area contributed by atoms with Crippen molar-refractivity contribution in [3.63, 3.8) is 0 Å². The number of rotatable bonds is 3. The summed E-state index contributed by atoms with van der Waals surface area (Å²) in [6.45, 7) is 1.63. The Hall–Kier alpha value is -2.23. The Kier molecular flexibility index (Phi) is 3.72. The van der Waals surface area contributed by atoms with Gasteiger partial charge in [-0.1, -0.05) is 0 Å². The lowest BCUT2D eigenvalue weighted by Crippen LogP contribution is -2.16. The molecule has 1 amide bonds. The number of amides is 1. The lowest BCUT2D eigenvalue weighted by Gasteiger charge is -1.93. The van der Waals surface area contributed by atoms with Gasteiger partial charge in [-0.2, -0.15) is 19.9 Å². The number of halogens is 1. The summed E-state index contributed by atoms with van der Waals surface area (Å²) >= 11 is 0. The molecule has 1 aromatic heterocycles. The van der Waals surface area contributed by atoms with Gasteiger partial charge >= 0.3 is 0 Å². The number of nitrogens with one attached hydrogen (secondary N) is 1. The molecule has 0 spiro atoms. The fraction of sp³-hybridized carbons (Fsp3) is 0.333. The third-order valence-corrected chi connectivity index (χ3v) is 1.82. The molecule has 7 heteroatoms. The molecular weight excluding hydrogens is 213 g/mol. The van der Waals surface area contributed by atoms with E-state index in [2.05, 4.69) is 15.6 Å². The van der Waals surface area contributed by atoms with Crippen LogP contribution >= 0.6 is 0 Å². The molecule has 0 aliphatic heterocycles. The number of aryl methyl sites for hydroxylation is 2. The van der Waals surface area contributed by atoms with Gasteiger partial charge in [0, 0.05) is 7.05 Å². The Morgan fingerprint density at radius 1 is 1.81 bits per heavy atom. The maximum absolute atomic E-state index is 13.3. The SMILES string of the molecule is Cc1nn(C)c(F)c1/C=N\NC(=O)CC#N. The Morgan fingerprint density at radius 2 is 2.50 bits per heavy atom. The number of nitriles is 1. The van der Waals surface area contributed by atoms with Crippen LogP contribution in [0.5, 0.6) is 0 Å².